The van der Waals surface area contributed by atoms with Gasteiger partial charge in [0.15, 0.2) is 5.69 Å². The smallest absolute Gasteiger partial charge is 0.337 e. The number of nitrogens with zero attached hydrogens (tertiary/aromatic N) is 3. The summed E-state index contributed by atoms with van der Waals surface area (Å²) in [5.74, 6) is -1.05. The van der Waals surface area contributed by atoms with Crippen molar-refractivity contribution in [2.75, 3.05) is 50.7 Å². The van der Waals surface area contributed by atoms with Gasteiger partial charge in [-0.25, -0.2) is 23.4 Å². The molecule has 10 nitrogen and oxygen atoms in total. The van der Waals surface area contributed by atoms with Crippen molar-refractivity contribution in [3.05, 3.63) is 88.7 Å². The molecule has 0 spiro atoms. The van der Waals surface area contributed by atoms with Crippen LogP contribution in [0.15, 0.2) is 54.6 Å². The van der Waals surface area contributed by atoms with Gasteiger partial charge in [-0.1, -0.05) is 18.2 Å². The molecular weight excluding hydrogens is 584 g/mol. The second-order valence-electron chi connectivity index (χ2n) is 11.0. The Bertz CT molecular complexity index is 1550. The van der Waals surface area contributed by atoms with E-state index in [4.69, 9.17) is 20.8 Å². The average Bonchev–Trinajstić information content (AvgIpc) is 3.04. The average molecular weight is 620 g/mol. The van der Waals surface area contributed by atoms with Crippen LogP contribution in [0.25, 0.3) is 4.85 Å². The molecule has 3 heterocycles. The topological polar surface area (TPSA) is 106 Å². The van der Waals surface area contributed by atoms with Gasteiger partial charge in [-0.05, 0) is 62.7 Å². The molecule has 5 rings (SSSR count). The molecule has 236 valence electrons. The number of ether oxygens (including phenoxy) is 3. The largest absolute Gasteiger partial charge is 0.473 e. The molecule has 1 aromatic heterocycles. The molecule has 2 atom stereocenters. The first-order valence-electron chi connectivity index (χ1n) is 14.8. The third-order valence-corrected chi connectivity index (χ3v) is 8.14. The van der Waals surface area contributed by atoms with Crippen molar-refractivity contribution in [3.8, 4) is 5.88 Å². The molecule has 0 saturated carbocycles. The Morgan fingerprint density at radius 2 is 1.93 bits per heavy atom. The van der Waals surface area contributed by atoms with Crippen molar-refractivity contribution in [3.63, 3.8) is 0 Å². The van der Waals surface area contributed by atoms with Crippen LogP contribution in [0.1, 0.15) is 46.8 Å². The first kappa shape index (κ1) is 31.8. The molecule has 2 N–H and O–H groups in total. The fourth-order valence-electron chi connectivity index (χ4n) is 5.38. The first-order valence-corrected chi connectivity index (χ1v) is 14.8. The standard InChI is InChI=1S/C33H35F2N5O5/c1-36-24-8-6-23(26(35)17-24)20-45-31-5-3-4-27(38-31)21-10-13-40(14-11-21)30(18-34)32(41)39-28-9-7-22(33(42)43-2)16-29(28)37-19-25-12-15-44-25/h3-9,16-17,21,25,30,37H,10-15,18-20H2,2H3,(H,39,41)/t25-,30?/m0/s1. The number of halogens is 2. The van der Waals surface area contributed by atoms with Gasteiger partial charge >= 0.3 is 5.97 Å². The molecule has 0 radical (unpaired) electrons. The summed E-state index contributed by atoms with van der Waals surface area (Å²) < 4.78 is 44.6. The number of aromatic nitrogens is 1. The van der Waals surface area contributed by atoms with Gasteiger partial charge in [-0.3, -0.25) is 9.69 Å². The lowest BCUT2D eigenvalue weighted by Gasteiger charge is -2.35. The van der Waals surface area contributed by atoms with Crippen LogP contribution in [0, 0.1) is 12.4 Å². The maximum Gasteiger partial charge on any atom is 0.337 e. The molecule has 2 saturated heterocycles. The van der Waals surface area contributed by atoms with E-state index in [1.54, 1.807) is 30.3 Å². The molecule has 0 bridgehead atoms. The van der Waals surface area contributed by atoms with Crippen LogP contribution in [0.2, 0.25) is 0 Å². The van der Waals surface area contributed by atoms with E-state index in [0.29, 0.717) is 67.5 Å². The number of nitrogens with one attached hydrogen (secondary N) is 2. The number of rotatable bonds is 12. The molecule has 45 heavy (non-hydrogen) atoms. The Hall–Kier alpha value is -4.60. The predicted molar refractivity (Wildman–Crippen MR) is 164 cm³/mol. The number of pyridine rings is 1. The lowest BCUT2D eigenvalue weighted by Crippen LogP contribution is -2.48. The zero-order chi connectivity index (χ0) is 31.8. The Labute approximate surface area is 260 Å². The monoisotopic (exact) mass is 619 g/mol. The van der Waals surface area contributed by atoms with Crippen LogP contribution in [0.4, 0.5) is 25.8 Å². The number of anilines is 2. The van der Waals surface area contributed by atoms with Crippen LogP contribution < -0.4 is 15.4 Å². The third-order valence-electron chi connectivity index (χ3n) is 8.14. The van der Waals surface area contributed by atoms with E-state index >= 15 is 0 Å². The normalized spacial score (nSPS) is 17.4. The molecule has 1 amide bonds. The molecule has 1 unspecified atom stereocenters. The van der Waals surface area contributed by atoms with Crippen molar-refractivity contribution < 1.29 is 32.6 Å². The predicted octanol–water partition coefficient (Wildman–Crippen LogP) is 5.49. The second-order valence-corrected chi connectivity index (χ2v) is 11.0. The maximum absolute atomic E-state index is 14.3. The minimum Gasteiger partial charge on any atom is -0.473 e. The van der Waals surface area contributed by atoms with Crippen molar-refractivity contribution in [2.45, 2.75) is 43.9 Å². The third kappa shape index (κ3) is 7.92. The summed E-state index contributed by atoms with van der Waals surface area (Å²) in [5.41, 5.74) is 2.64. The van der Waals surface area contributed by atoms with Crippen molar-refractivity contribution in [1.82, 2.24) is 9.88 Å². The summed E-state index contributed by atoms with van der Waals surface area (Å²) in [7, 11) is 1.30. The molecule has 0 aliphatic carbocycles. The van der Waals surface area contributed by atoms with Crippen molar-refractivity contribution in [1.29, 1.82) is 0 Å². The highest BCUT2D eigenvalue weighted by Gasteiger charge is 2.31. The summed E-state index contributed by atoms with van der Waals surface area (Å²) in [6.45, 7) is 8.30. The quantitative estimate of drug-likeness (QED) is 0.203. The molecular formula is C33H35F2N5O5. The van der Waals surface area contributed by atoms with Crippen LogP contribution in [-0.2, 0) is 20.9 Å². The van der Waals surface area contributed by atoms with Gasteiger partial charge in [0.1, 0.15) is 25.1 Å². The molecule has 3 aromatic rings. The van der Waals surface area contributed by atoms with E-state index in [1.807, 2.05) is 17.0 Å². The van der Waals surface area contributed by atoms with E-state index in [-0.39, 0.29) is 24.3 Å². The van der Waals surface area contributed by atoms with Gasteiger partial charge in [-0.15, -0.1) is 0 Å². The lowest BCUT2D eigenvalue weighted by atomic mass is 9.92. The maximum atomic E-state index is 14.3. The number of methoxy groups -OCH3 is 1. The van der Waals surface area contributed by atoms with E-state index < -0.39 is 30.4 Å². The van der Waals surface area contributed by atoms with Crippen LogP contribution in [0.3, 0.4) is 0 Å². The number of carbonyl (C=O) groups is 2. The highest BCUT2D eigenvalue weighted by Crippen LogP contribution is 2.30. The van der Waals surface area contributed by atoms with Gasteiger partial charge in [0, 0.05) is 36.4 Å². The Morgan fingerprint density at radius 3 is 2.60 bits per heavy atom. The van der Waals surface area contributed by atoms with Gasteiger partial charge in [0.2, 0.25) is 11.8 Å². The number of hydrogen-bond acceptors (Lipinski definition) is 8. The molecule has 12 heteroatoms. The summed E-state index contributed by atoms with van der Waals surface area (Å²) in [6.07, 6.45) is 2.28. The highest BCUT2D eigenvalue weighted by molar-refractivity contribution is 5.99. The number of hydrogen-bond donors (Lipinski definition) is 2. The minimum atomic E-state index is -0.985. The van der Waals surface area contributed by atoms with Gasteiger partial charge in [0.25, 0.3) is 0 Å². The van der Waals surface area contributed by atoms with Gasteiger partial charge in [0.05, 0.1) is 36.7 Å². The van der Waals surface area contributed by atoms with E-state index in [9.17, 15) is 18.4 Å². The number of alkyl halides is 1. The van der Waals surface area contributed by atoms with Gasteiger partial charge < -0.3 is 24.8 Å². The SMILES string of the molecule is [C-]#[N+]c1ccc(COc2cccc(C3CCN(C(CF)C(=O)Nc4ccc(C(=O)OC)cc4NC[C@@H]4CCO4)CC3)n2)c(F)c1. The summed E-state index contributed by atoms with van der Waals surface area (Å²) in [5, 5.41) is 6.07. The molecule has 2 aliphatic rings. The van der Waals surface area contributed by atoms with Gasteiger partial charge in [-0.2, -0.15) is 0 Å². The van der Waals surface area contributed by atoms with E-state index in [2.05, 4.69) is 20.5 Å². The zero-order valence-corrected chi connectivity index (χ0v) is 24.9. The van der Waals surface area contributed by atoms with Crippen LogP contribution >= 0.6 is 0 Å². The van der Waals surface area contributed by atoms with E-state index in [1.165, 1.54) is 19.2 Å². The van der Waals surface area contributed by atoms with Crippen LogP contribution in [0.5, 0.6) is 5.88 Å². The number of carbonyl (C=O) groups excluding carboxylic acids is 2. The van der Waals surface area contributed by atoms with Crippen LogP contribution in [-0.4, -0.2) is 73.9 Å². The Morgan fingerprint density at radius 1 is 1.13 bits per heavy atom. The fourth-order valence-corrected chi connectivity index (χ4v) is 5.38. The highest BCUT2D eigenvalue weighted by atomic mass is 19.1. The Kier molecular flexibility index (Phi) is 10.5. The van der Waals surface area contributed by atoms with Crippen molar-refractivity contribution >= 4 is 28.9 Å². The molecule has 2 aliphatic heterocycles. The number of esters is 1. The second kappa shape index (κ2) is 14.9. The number of amides is 1. The lowest BCUT2D eigenvalue weighted by molar-refractivity contribution is -0.122. The minimum absolute atomic E-state index is 0.0245. The number of likely N-dealkylation sites (tertiary alicyclic amines) is 1. The zero-order valence-electron chi connectivity index (χ0n) is 24.9. The van der Waals surface area contributed by atoms with E-state index in [0.717, 1.165) is 12.1 Å². The summed E-state index contributed by atoms with van der Waals surface area (Å²) >= 11 is 0. The fraction of sp³-hybridized carbons (Fsp3) is 0.394. The Balaban J connectivity index is 1.18. The first-order chi connectivity index (χ1) is 21.9. The summed E-state index contributed by atoms with van der Waals surface area (Å²) in [4.78, 5) is 35.1. The molecule has 2 aromatic carbocycles. The van der Waals surface area contributed by atoms with Crippen molar-refractivity contribution in [2.24, 2.45) is 0 Å². The summed E-state index contributed by atoms with van der Waals surface area (Å²) in [6, 6.07) is 13.4. The number of piperidine rings is 1. The molecule has 2 fully saturated rings. The number of benzene rings is 2.